The molecule has 2 amide bonds. The number of aliphatic hydroxyl groups is 1. The van der Waals surface area contributed by atoms with Crippen molar-refractivity contribution >= 4 is 31.4 Å². The van der Waals surface area contributed by atoms with Crippen molar-refractivity contribution < 1.29 is 19.4 Å². The summed E-state index contributed by atoms with van der Waals surface area (Å²) in [6.45, 7) is 5.36. The summed E-state index contributed by atoms with van der Waals surface area (Å²) < 4.78 is 6.45. The van der Waals surface area contributed by atoms with Crippen LogP contribution in [-0.2, 0) is 16.1 Å². The maximum atomic E-state index is 12.8. The van der Waals surface area contributed by atoms with Crippen molar-refractivity contribution in [1.29, 1.82) is 0 Å². The third-order valence-corrected chi connectivity index (χ3v) is 6.16. The van der Waals surface area contributed by atoms with E-state index < -0.39 is 18.2 Å². The van der Waals surface area contributed by atoms with Crippen LogP contribution in [0.15, 0.2) is 73.3 Å². The molecule has 2 unspecified atom stereocenters. The molecule has 28 heavy (non-hydrogen) atoms. The first-order valence-electron chi connectivity index (χ1n) is 9.02. The second-order valence-corrected chi connectivity index (χ2v) is 8.49. The second-order valence-electron chi connectivity index (χ2n) is 6.29. The van der Waals surface area contributed by atoms with Crippen molar-refractivity contribution in [3.63, 3.8) is 0 Å². The molecule has 0 spiro atoms. The molecule has 2 rings (SSSR count). The number of benzene rings is 2. The molecule has 2 aromatic rings. The molecule has 0 radical (unpaired) electrons. The van der Waals surface area contributed by atoms with Crippen LogP contribution in [0.1, 0.15) is 18.9 Å². The number of carbonyl (C=O) groups is 2. The van der Waals surface area contributed by atoms with Gasteiger partial charge >= 0.3 is 172 Å². The summed E-state index contributed by atoms with van der Waals surface area (Å²) in [5, 5.41) is 10.1. The zero-order chi connectivity index (χ0) is 20.4. The van der Waals surface area contributed by atoms with Crippen molar-refractivity contribution in [1.82, 2.24) is 4.90 Å². The van der Waals surface area contributed by atoms with Crippen LogP contribution in [0.3, 0.4) is 0 Å². The summed E-state index contributed by atoms with van der Waals surface area (Å²) in [5.41, 5.74) is 0.843. The van der Waals surface area contributed by atoms with Gasteiger partial charge in [-0.05, 0) is 0 Å². The van der Waals surface area contributed by atoms with Crippen LogP contribution in [-0.4, -0.2) is 49.1 Å². The molecule has 148 valence electrons. The Kier molecular flexibility index (Phi) is 8.95. The van der Waals surface area contributed by atoms with Crippen LogP contribution < -0.4 is 4.46 Å². The van der Waals surface area contributed by atoms with Gasteiger partial charge in [-0.15, -0.1) is 0 Å². The fraction of sp³-hybridized carbons (Fsp3) is 0.273. The fourth-order valence-electron chi connectivity index (χ4n) is 2.60. The topological polar surface area (TPSA) is 66.8 Å². The van der Waals surface area contributed by atoms with Crippen molar-refractivity contribution in [2.24, 2.45) is 0 Å². The molecule has 5 nitrogen and oxygen atoms in total. The number of imide groups is 1. The number of hydrogen-bond donors (Lipinski definition) is 1. The van der Waals surface area contributed by atoms with Gasteiger partial charge in [-0.1, -0.05) is 0 Å². The predicted octanol–water partition coefficient (Wildman–Crippen LogP) is 2.93. The predicted molar refractivity (Wildman–Crippen MR) is 110 cm³/mol. The monoisotopic (exact) mass is 447 g/mol. The SMILES string of the molecule is C=CC(O)CC(C)N(C(=O)C[Se]c1ccccc1)C(=O)OCc1ccccc1. The van der Waals surface area contributed by atoms with Gasteiger partial charge in [0, 0.05) is 0 Å². The van der Waals surface area contributed by atoms with Gasteiger partial charge < -0.3 is 0 Å². The van der Waals surface area contributed by atoms with Crippen LogP contribution >= 0.6 is 0 Å². The van der Waals surface area contributed by atoms with E-state index in [4.69, 9.17) is 4.74 Å². The van der Waals surface area contributed by atoms with E-state index in [1.807, 2.05) is 60.7 Å². The molecular formula is C22H25NO4Se. The Balaban J connectivity index is 2.04. The fourth-order valence-corrected chi connectivity index (χ4v) is 4.23. The van der Waals surface area contributed by atoms with Crippen LogP contribution in [0.4, 0.5) is 4.79 Å². The van der Waals surface area contributed by atoms with Crippen LogP contribution in [0, 0.1) is 0 Å². The van der Waals surface area contributed by atoms with E-state index in [9.17, 15) is 14.7 Å². The molecule has 0 aromatic heterocycles. The van der Waals surface area contributed by atoms with E-state index in [0.29, 0.717) is 0 Å². The number of nitrogens with zero attached hydrogens (tertiary/aromatic N) is 1. The van der Waals surface area contributed by atoms with Gasteiger partial charge in [-0.25, -0.2) is 0 Å². The number of rotatable bonds is 9. The van der Waals surface area contributed by atoms with Crippen molar-refractivity contribution in [3.05, 3.63) is 78.9 Å². The number of amides is 2. The summed E-state index contributed by atoms with van der Waals surface area (Å²) in [7, 11) is 0. The normalized spacial score (nSPS) is 12.6. The van der Waals surface area contributed by atoms with E-state index in [-0.39, 0.29) is 39.2 Å². The summed E-state index contributed by atoms with van der Waals surface area (Å²) in [5.74, 6) is -0.300. The summed E-state index contributed by atoms with van der Waals surface area (Å²) in [6, 6.07) is 18.5. The van der Waals surface area contributed by atoms with E-state index in [1.165, 1.54) is 6.08 Å². The quantitative estimate of drug-likeness (QED) is 0.475. The Labute approximate surface area is 172 Å². The van der Waals surface area contributed by atoms with Crippen molar-refractivity contribution in [2.45, 2.75) is 37.4 Å². The number of ether oxygens (including phenoxy) is 1. The van der Waals surface area contributed by atoms with Gasteiger partial charge in [0.2, 0.25) is 0 Å². The van der Waals surface area contributed by atoms with Crippen LogP contribution in [0.25, 0.3) is 0 Å². The minimum absolute atomic E-state index is 0.0873. The summed E-state index contributed by atoms with van der Waals surface area (Å²) in [4.78, 5) is 26.6. The van der Waals surface area contributed by atoms with Gasteiger partial charge in [0.25, 0.3) is 0 Å². The molecule has 0 bridgehead atoms. The Hall–Kier alpha value is -2.40. The molecule has 6 heteroatoms. The molecule has 2 atom stereocenters. The molecule has 0 aliphatic rings. The van der Waals surface area contributed by atoms with Crippen molar-refractivity contribution in [2.75, 3.05) is 0 Å². The number of carbonyl (C=O) groups excluding carboxylic acids is 2. The van der Waals surface area contributed by atoms with Crippen molar-refractivity contribution in [3.8, 4) is 0 Å². The first kappa shape index (κ1) is 21.9. The second kappa shape index (κ2) is 11.4. The van der Waals surface area contributed by atoms with E-state index in [0.717, 1.165) is 14.9 Å². The average molecular weight is 446 g/mol. The Bertz CT molecular complexity index is 711. The minimum atomic E-state index is -0.799. The molecule has 0 aliphatic carbocycles. The molecule has 0 saturated carbocycles. The molecule has 2 aromatic carbocycles. The zero-order valence-electron chi connectivity index (χ0n) is 15.9. The first-order valence-corrected chi connectivity index (χ1v) is 11.1. The van der Waals surface area contributed by atoms with Crippen LogP contribution in [0.5, 0.6) is 0 Å². The van der Waals surface area contributed by atoms with Gasteiger partial charge in [0.05, 0.1) is 0 Å². The molecule has 0 aliphatic heterocycles. The maximum absolute atomic E-state index is 12.8. The Morgan fingerprint density at radius 3 is 2.36 bits per heavy atom. The number of hydrogen-bond acceptors (Lipinski definition) is 4. The molecule has 0 saturated heterocycles. The summed E-state index contributed by atoms with van der Waals surface area (Å²) >= 11 is -0.0902. The first-order chi connectivity index (χ1) is 13.5. The third kappa shape index (κ3) is 6.97. The van der Waals surface area contributed by atoms with Gasteiger partial charge in [-0.2, -0.15) is 0 Å². The molecule has 0 fully saturated rings. The molecule has 0 heterocycles. The number of aliphatic hydroxyl groups excluding tert-OH is 1. The molecule has 1 N–H and O–H groups in total. The van der Waals surface area contributed by atoms with Gasteiger partial charge in [0.1, 0.15) is 0 Å². The van der Waals surface area contributed by atoms with E-state index in [2.05, 4.69) is 6.58 Å². The van der Waals surface area contributed by atoms with Gasteiger partial charge in [0.15, 0.2) is 0 Å². The van der Waals surface area contributed by atoms with Gasteiger partial charge in [-0.3, -0.25) is 0 Å². The Morgan fingerprint density at radius 2 is 1.75 bits per heavy atom. The summed E-state index contributed by atoms with van der Waals surface area (Å²) in [6.07, 6.45) is 0.115. The van der Waals surface area contributed by atoms with E-state index in [1.54, 1.807) is 6.92 Å². The van der Waals surface area contributed by atoms with E-state index >= 15 is 0 Å². The standard InChI is InChI=1S/C22H25NO4Se/c1-3-19(24)14-17(2)23(21(25)16-28-20-12-8-5-9-13-20)22(26)27-15-18-10-6-4-7-11-18/h3-13,17,19,24H,1,14-16H2,2H3. The zero-order valence-corrected chi connectivity index (χ0v) is 17.6. The molecular weight excluding hydrogens is 421 g/mol. The average Bonchev–Trinajstić information content (AvgIpc) is 2.72. The third-order valence-electron chi connectivity index (χ3n) is 4.07. The van der Waals surface area contributed by atoms with Crippen LogP contribution in [0.2, 0.25) is 5.32 Å². The Morgan fingerprint density at radius 1 is 1.14 bits per heavy atom.